The summed E-state index contributed by atoms with van der Waals surface area (Å²) < 4.78 is 13.0. The molecule has 0 unspecified atom stereocenters. The van der Waals surface area contributed by atoms with Crippen LogP contribution in [0.15, 0.2) is 4.99 Å². The van der Waals surface area contributed by atoms with E-state index in [2.05, 4.69) is 44.6 Å². The fraction of sp³-hybridized carbons (Fsp3) is 0.842. The lowest BCUT2D eigenvalue weighted by atomic mass is 10.2. The van der Waals surface area contributed by atoms with E-state index in [-0.39, 0.29) is 24.0 Å². The normalized spacial score (nSPS) is 15.4. The van der Waals surface area contributed by atoms with Gasteiger partial charge < -0.3 is 24.7 Å². The van der Waals surface area contributed by atoms with Crippen molar-refractivity contribution in [2.24, 2.45) is 18.0 Å². The van der Waals surface area contributed by atoms with E-state index in [1.54, 1.807) is 0 Å². The average molecular weight is 523 g/mol. The smallest absolute Gasteiger partial charge is 0.191 e. The van der Waals surface area contributed by atoms with Gasteiger partial charge in [-0.2, -0.15) is 0 Å². The van der Waals surface area contributed by atoms with Gasteiger partial charge in [-0.1, -0.05) is 13.8 Å². The van der Waals surface area contributed by atoms with Crippen molar-refractivity contribution in [3.8, 4) is 0 Å². The number of halogens is 1. The lowest BCUT2D eigenvalue weighted by Crippen LogP contribution is -2.44. The van der Waals surface area contributed by atoms with Gasteiger partial charge in [0, 0.05) is 53.0 Å². The maximum absolute atomic E-state index is 5.64. The molecule has 0 aromatic carbocycles. The van der Waals surface area contributed by atoms with Gasteiger partial charge in [-0.3, -0.25) is 4.90 Å². The topological polar surface area (TPSA) is 88.8 Å². The van der Waals surface area contributed by atoms with Gasteiger partial charge in [0.25, 0.3) is 0 Å². The Bertz CT molecular complexity index is 589. The highest BCUT2D eigenvalue weighted by atomic mass is 127. The van der Waals surface area contributed by atoms with E-state index in [0.717, 1.165) is 83.2 Å². The van der Waals surface area contributed by atoms with Crippen LogP contribution in [0.2, 0.25) is 0 Å². The highest BCUT2D eigenvalue weighted by Gasteiger charge is 2.10. The van der Waals surface area contributed by atoms with Crippen LogP contribution in [0.5, 0.6) is 0 Å². The van der Waals surface area contributed by atoms with Gasteiger partial charge in [0.15, 0.2) is 11.8 Å². The van der Waals surface area contributed by atoms with Crippen molar-refractivity contribution in [1.29, 1.82) is 0 Å². The molecule has 1 aromatic rings. The summed E-state index contributed by atoms with van der Waals surface area (Å²) in [5, 5.41) is 15.1. The van der Waals surface area contributed by atoms with Crippen LogP contribution in [0.4, 0.5) is 0 Å². The molecule has 0 amide bonds. The van der Waals surface area contributed by atoms with E-state index in [0.29, 0.717) is 12.5 Å². The molecule has 0 atom stereocenters. The summed E-state index contributed by atoms with van der Waals surface area (Å²) in [6.07, 6.45) is 0.944. The molecule has 1 saturated heterocycles. The molecule has 1 aliphatic rings. The molecule has 2 N–H and O–H groups in total. The zero-order chi connectivity index (χ0) is 20.2. The molecule has 0 aliphatic carbocycles. The molecule has 0 bridgehead atoms. The Morgan fingerprint density at radius 1 is 1.21 bits per heavy atom. The third kappa shape index (κ3) is 10.6. The number of nitrogens with one attached hydrogen (secondary N) is 2. The molecule has 2 heterocycles. The lowest BCUT2D eigenvalue weighted by Gasteiger charge is -2.26. The molecule has 168 valence electrons. The van der Waals surface area contributed by atoms with Gasteiger partial charge in [-0.25, -0.2) is 4.99 Å². The largest absolute Gasteiger partial charge is 0.381 e. The van der Waals surface area contributed by atoms with Crippen molar-refractivity contribution < 1.29 is 9.47 Å². The first-order valence-corrected chi connectivity index (χ1v) is 10.3. The van der Waals surface area contributed by atoms with Crippen molar-refractivity contribution in [2.45, 2.75) is 33.7 Å². The van der Waals surface area contributed by atoms with Crippen molar-refractivity contribution in [2.75, 3.05) is 59.2 Å². The van der Waals surface area contributed by atoms with E-state index >= 15 is 0 Å². The quantitative estimate of drug-likeness (QED) is 0.195. The molecular formula is C19H38IN7O2. The zero-order valence-electron chi connectivity index (χ0n) is 18.3. The van der Waals surface area contributed by atoms with Crippen LogP contribution in [-0.2, 0) is 23.1 Å². The second kappa shape index (κ2) is 14.9. The Labute approximate surface area is 192 Å². The first-order valence-electron chi connectivity index (χ1n) is 10.3. The minimum Gasteiger partial charge on any atom is -0.381 e. The van der Waals surface area contributed by atoms with Crippen LogP contribution < -0.4 is 10.6 Å². The van der Waals surface area contributed by atoms with E-state index in [4.69, 9.17) is 9.47 Å². The number of ether oxygens (including phenoxy) is 2. The third-order valence-corrected chi connectivity index (χ3v) is 4.59. The summed E-state index contributed by atoms with van der Waals surface area (Å²) in [6.45, 7) is 14.6. The zero-order valence-corrected chi connectivity index (χ0v) is 20.6. The number of aromatic nitrogens is 3. The summed E-state index contributed by atoms with van der Waals surface area (Å²) in [7, 11) is 1.96. The standard InChI is InChI=1S/C19H37N7O2.HI/c1-16(2)15-28-11-5-6-20-19(21-7-8-26-9-12-27-13-10-26)22-14-18-24-23-17(3)25(18)4;/h16H,5-15H2,1-4H3,(H2,20,21,22);1H. The first kappa shape index (κ1) is 26.1. The molecule has 0 saturated carbocycles. The second-order valence-electron chi connectivity index (χ2n) is 7.52. The predicted molar refractivity (Wildman–Crippen MR) is 126 cm³/mol. The van der Waals surface area contributed by atoms with Crippen molar-refractivity contribution in [3.05, 3.63) is 11.6 Å². The van der Waals surface area contributed by atoms with Gasteiger partial charge >= 0.3 is 0 Å². The van der Waals surface area contributed by atoms with Crippen LogP contribution in [0.25, 0.3) is 0 Å². The van der Waals surface area contributed by atoms with Crippen LogP contribution in [0.3, 0.4) is 0 Å². The number of guanidine groups is 1. The van der Waals surface area contributed by atoms with Crippen molar-refractivity contribution in [3.63, 3.8) is 0 Å². The van der Waals surface area contributed by atoms with E-state index in [9.17, 15) is 0 Å². The van der Waals surface area contributed by atoms with Gasteiger partial charge in [0.05, 0.1) is 13.2 Å². The van der Waals surface area contributed by atoms with Gasteiger partial charge in [-0.05, 0) is 19.3 Å². The van der Waals surface area contributed by atoms with E-state index < -0.39 is 0 Å². The van der Waals surface area contributed by atoms with Gasteiger partial charge in [-0.15, -0.1) is 34.2 Å². The van der Waals surface area contributed by atoms with Crippen molar-refractivity contribution >= 4 is 29.9 Å². The molecule has 0 spiro atoms. The summed E-state index contributed by atoms with van der Waals surface area (Å²) >= 11 is 0. The average Bonchev–Trinajstić information content (AvgIpc) is 3.01. The number of aryl methyl sites for hydroxylation is 1. The fourth-order valence-corrected chi connectivity index (χ4v) is 2.77. The summed E-state index contributed by atoms with van der Waals surface area (Å²) in [4.78, 5) is 7.09. The molecule has 1 aliphatic heterocycles. The Hall–Kier alpha value is -0.980. The molecule has 29 heavy (non-hydrogen) atoms. The molecule has 2 rings (SSSR count). The predicted octanol–water partition coefficient (Wildman–Crippen LogP) is 1.17. The highest BCUT2D eigenvalue weighted by molar-refractivity contribution is 14.0. The first-order chi connectivity index (χ1) is 13.6. The number of rotatable bonds is 11. The monoisotopic (exact) mass is 523 g/mol. The summed E-state index contributed by atoms with van der Waals surface area (Å²) in [6, 6.07) is 0. The maximum atomic E-state index is 5.64. The van der Waals surface area contributed by atoms with Crippen LogP contribution >= 0.6 is 24.0 Å². The number of hydrogen-bond acceptors (Lipinski definition) is 6. The Balaban J connectivity index is 0.00000420. The highest BCUT2D eigenvalue weighted by Crippen LogP contribution is 1.99. The summed E-state index contributed by atoms with van der Waals surface area (Å²) in [5.74, 6) is 3.12. The molecule has 1 fully saturated rings. The molecule has 10 heteroatoms. The maximum Gasteiger partial charge on any atom is 0.191 e. The number of nitrogens with zero attached hydrogens (tertiary/aromatic N) is 5. The minimum absolute atomic E-state index is 0. The van der Waals surface area contributed by atoms with Crippen LogP contribution in [-0.4, -0.2) is 84.8 Å². The van der Waals surface area contributed by atoms with Gasteiger partial charge in [0.1, 0.15) is 12.4 Å². The number of aliphatic imine (C=N–C) groups is 1. The Morgan fingerprint density at radius 2 is 1.93 bits per heavy atom. The van der Waals surface area contributed by atoms with Gasteiger partial charge in [0.2, 0.25) is 0 Å². The fourth-order valence-electron chi connectivity index (χ4n) is 2.77. The molecular weight excluding hydrogens is 485 g/mol. The van der Waals surface area contributed by atoms with E-state index in [1.165, 1.54) is 0 Å². The number of hydrogen-bond donors (Lipinski definition) is 2. The molecule has 0 radical (unpaired) electrons. The Kier molecular flexibility index (Phi) is 13.4. The molecule has 1 aromatic heterocycles. The molecule has 9 nitrogen and oxygen atoms in total. The van der Waals surface area contributed by atoms with E-state index in [1.807, 2.05) is 18.5 Å². The SMILES string of the molecule is Cc1nnc(CN=C(NCCCOCC(C)C)NCCN2CCOCC2)n1C.I. The minimum atomic E-state index is 0. The lowest BCUT2D eigenvalue weighted by molar-refractivity contribution is 0.0389. The van der Waals surface area contributed by atoms with Crippen LogP contribution in [0, 0.1) is 12.8 Å². The summed E-state index contributed by atoms with van der Waals surface area (Å²) in [5.41, 5.74) is 0. The third-order valence-electron chi connectivity index (χ3n) is 4.59. The number of morpholine rings is 1. The van der Waals surface area contributed by atoms with Crippen LogP contribution in [0.1, 0.15) is 31.9 Å². The Morgan fingerprint density at radius 3 is 2.59 bits per heavy atom. The second-order valence-corrected chi connectivity index (χ2v) is 7.52. The van der Waals surface area contributed by atoms with Crippen molar-refractivity contribution in [1.82, 2.24) is 30.3 Å².